The zero-order valence-electron chi connectivity index (χ0n) is 8.42. The zero-order chi connectivity index (χ0) is 10.3. The van der Waals surface area contributed by atoms with Gasteiger partial charge in [0.15, 0.2) is 0 Å². The lowest BCUT2D eigenvalue weighted by molar-refractivity contribution is -0.130. The number of hydrogen-bond donors (Lipinski definition) is 1. The molecule has 0 bridgehead atoms. The number of rotatable bonds is 6. The molecule has 0 aromatic heterocycles. The molecule has 0 rings (SSSR count). The fourth-order valence-corrected chi connectivity index (χ4v) is 1.78. The van der Waals surface area contributed by atoms with Crippen LogP contribution in [-0.2, 0) is 4.79 Å². The molecule has 0 aliphatic rings. The molecule has 13 heavy (non-hydrogen) atoms. The lowest BCUT2D eigenvalue weighted by atomic mass is 10.1. The number of halogens is 1. The third-order valence-electron chi connectivity index (χ3n) is 2.19. The van der Waals surface area contributed by atoms with Crippen molar-refractivity contribution in [3.05, 3.63) is 0 Å². The molecule has 2 N–H and O–H groups in total. The van der Waals surface area contributed by atoms with Crippen molar-refractivity contribution in [2.45, 2.75) is 32.7 Å². The zero-order valence-corrected chi connectivity index (χ0v) is 10.0. The molecule has 0 heterocycles. The van der Waals surface area contributed by atoms with E-state index in [0.717, 1.165) is 12.8 Å². The molecule has 0 aromatic rings. The summed E-state index contributed by atoms with van der Waals surface area (Å²) in [6.07, 6.45) is 1.99. The second-order valence-corrected chi connectivity index (χ2v) is 3.54. The fourth-order valence-electron chi connectivity index (χ4n) is 1.46. The first-order chi connectivity index (χ1) is 6.21. The lowest BCUT2D eigenvalue weighted by Gasteiger charge is -2.29. The van der Waals surface area contributed by atoms with Crippen LogP contribution >= 0.6 is 15.9 Å². The first-order valence-corrected chi connectivity index (χ1v) is 5.88. The largest absolute Gasteiger partial charge is 0.338 e. The first kappa shape index (κ1) is 12.9. The topological polar surface area (TPSA) is 46.3 Å². The molecule has 4 heteroatoms. The summed E-state index contributed by atoms with van der Waals surface area (Å²) in [6, 6.07) is 0.341. The molecule has 0 radical (unpaired) electrons. The van der Waals surface area contributed by atoms with E-state index in [1.165, 1.54) is 0 Å². The SMILES string of the molecule is CCC(CC)N(CCN)C(=O)CBr. The van der Waals surface area contributed by atoms with E-state index in [0.29, 0.717) is 24.5 Å². The monoisotopic (exact) mass is 250 g/mol. The molecule has 0 aliphatic carbocycles. The molecule has 1 amide bonds. The van der Waals surface area contributed by atoms with Gasteiger partial charge in [-0.05, 0) is 12.8 Å². The Labute approximate surface area is 88.8 Å². The van der Waals surface area contributed by atoms with Crippen LogP contribution in [0.5, 0.6) is 0 Å². The van der Waals surface area contributed by atoms with Crippen molar-refractivity contribution in [3.63, 3.8) is 0 Å². The Morgan fingerprint density at radius 3 is 2.31 bits per heavy atom. The highest BCUT2D eigenvalue weighted by molar-refractivity contribution is 9.09. The van der Waals surface area contributed by atoms with Gasteiger partial charge in [-0.1, -0.05) is 29.8 Å². The van der Waals surface area contributed by atoms with Gasteiger partial charge in [0.1, 0.15) is 0 Å². The van der Waals surface area contributed by atoms with E-state index >= 15 is 0 Å². The third kappa shape index (κ3) is 4.09. The van der Waals surface area contributed by atoms with Gasteiger partial charge >= 0.3 is 0 Å². The Morgan fingerprint density at radius 2 is 2.00 bits per heavy atom. The molecule has 0 fully saturated rings. The predicted octanol–water partition coefficient (Wildman–Crippen LogP) is 1.36. The number of carbonyl (C=O) groups excluding carboxylic acids is 1. The summed E-state index contributed by atoms with van der Waals surface area (Å²) < 4.78 is 0. The molecule has 0 aromatic carbocycles. The maximum absolute atomic E-state index is 11.5. The van der Waals surface area contributed by atoms with Crippen molar-refractivity contribution >= 4 is 21.8 Å². The lowest BCUT2D eigenvalue weighted by Crippen LogP contribution is -2.43. The van der Waals surface area contributed by atoms with Gasteiger partial charge < -0.3 is 10.6 Å². The maximum Gasteiger partial charge on any atom is 0.233 e. The molecule has 0 atom stereocenters. The van der Waals surface area contributed by atoms with Gasteiger partial charge in [0.05, 0.1) is 5.33 Å². The molecule has 3 nitrogen and oxygen atoms in total. The van der Waals surface area contributed by atoms with Gasteiger partial charge in [0.2, 0.25) is 5.91 Å². The summed E-state index contributed by atoms with van der Waals surface area (Å²) in [5, 5.41) is 0.392. The first-order valence-electron chi connectivity index (χ1n) is 4.76. The van der Waals surface area contributed by atoms with Crippen LogP contribution in [0.2, 0.25) is 0 Å². The van der Waals surface area contributed by atoms with E-state index in [4.69, 9.17) is 5.73 Å². The molecule has 0 spiro atoms. The van der Waals surface area contributed by atoms with Gasteiger partial charge in [-0.25, -0.2) is 0 Å². The van der Waals surface area contributed by atoms with E-state index < -0.39 is 0 Å². The van der Waals surface area contributed by atoms with Crippen LogP contribution in [0, 0.1) is 0 Å². The van der Waals surface area contributed by atoms with Gasteiger partial charge in [0.25, 0.3) is 0 Å². The van der Waals surface area contributed by atoms with E-state index in [1.54, 1.807) is 0 Å². The Morgan fingerprint density at radius 1 is 1.46 bits per heavy atom. The van der Waals surface area contributed by atoms with E-state index in [1.807, 2.05) is 4.90 Å². The quantitative estimate of drug-likeness (QED) is 0.724. The van der Waals surface area contributed by atoms with Crippen molar-refractivity contribution in [3.8, 4) is 0 Å². The van der Waals surface area contributed by atoms with Crippen molar-refractivity contribution in [1.29, 1.82) is 0 Å². The number of hydrogen-bond acceptors (Lipinski definition) is 2. The maximum atomic E-state index is 11.5. The Hall–Kier alpha value is -0.0900. The van der Waals surface area contributed by atoms with Gasteiger partial charge in [0, 0.05) is 19.1 Å². The van der Waals surface area contributed by atoms with Crippen LogP contribution in [0.4, 0.5) is 0 Å². The minimum Gasteiger partial charge on any atom is -0.338 e. The van der Waals surface area contributed by atoms with Crippen LogP contribution in [-0.4, -0.2) is 35.3 Å². The van der Waals surface area contributed by atoms with E-state index in [-0.39, 0.29) is 5.91 Å². The van der Waals surface area contributed by atoms with Crippen molar-refractivity contribution in [2.75, 3.05) is 18.4 Å². The van der Waals surface area contributed by atoms with E-state index in [2.05, 4.69) is 29.8 Å². The minimum atomic E-state index is 0.138. The summed E-state index contributed by atoms with van der Waals surface area (Å²) in [5.41, 5.74) is 5.46. The van der Waals surface area contributed by atoms with Crippen LogP contribution < -0.4 is 5.73 Å². The minimum absolute atomic E-state index is 0.138. The molecular weight excluding hydrogens is 232 g/mol. The van der Waals surface area contributed by atoms with Crippen LogP contribution in [0.25, 0.3) is 0 Å². The molecule has 0 saturated carbocycles. The number of carbonyl (C=O) groups is 1. The van der Waals surface area contributed by atoms with Gasteiger partial charge in [-0.15, -0.1) is 0 Å². The average molecular weight is 251 g/mol. The summed E-state index contributed by atoms with van der Waals surface area (Å²) >= 11 is 3.18. The summed E-state index contributed by atoms with van der Waals surface area (Å²) in [6.45, 7) is 5.39. The molecule has 78 valence electrons. The number of nitrogens with zero attached hydrogens (tertiary/aromatic N) is 1. The second kappa shape index (κ2) is 7.33. The molecule has 0 aliphatic heterocycles. The Kier molecular flexibility index (Phi) is 7.28. The number of alkyl halides is 1. The second-order valence-electron chi connectivity index (χ2n) is 2.98. The van der Waals surface area contributed by atoms with Crippen molar-refractivity contribution in [1.82, 2.24) is 4.90 Å². The fraction of sp³-hybridized carbons (Fsp3) is 0.889. The standard InChI is InChI=1S/C9H19BrN2O/c1-3-8(4-2)12(6-5-11)9(13)7-10/h8H,3-7,11H2,1-2H3. The smallest absolute Gasteiger partial charge is 0.233 e. The highest BCUT2D eigenvalue weighted by Crippen LogP contribution is 2.09. The molecular formula is C9H19BrN2O. The summed E-state index contributed by atoms with van der Waals surface area (Å²) in [4.78, 5) is 13.4. The Bertz CT molecular complexity index is 149. The third-order valence-corrected chi connectivity index (χ3v) is 2.67. The van der Waals surface area contributed by atoms with Crippen molar-refractivity contribution < 1.29 is 4.79 Å². The predicted molar refractivity (Wildman–Crippen MR) is 58.9 cm³/mol. The van der Waals surface area contributed by atoms with Crippen LogP contribution in [0.1, 0.15) is 26.7 Å². The normalized spacial score (nSPS) is 10.5. The van der Waals surface area contributed by atoms with Crippen LogP contribution in [0.3, 0.4) is 0 Å². The average Bonchev–Trinajstić information content (AvgIpc) is 2.17. The highest BCUT2D eigenvalue weighted by Gasteiger charge is 2.18. The van der Waals surface area contributed by atoms with Crippen molar-refractivity contribution in [2.24, 2.45) is 5.73 Å². The molecule has 0 unspecified atom stereocenters. The van der Waals surface area contributed by atoms with Gasteiger partial charge in [-0.2, -0.15) is 0 Å². The van der Waals surface area contributed by atoms with Gasteiger partial charge in [-0.3, -0.25) is 4.79 Å². The highest BCUT2D eigenvalue weighted by atomic mass is 79.9. The van der Waals surface area contributed by atoms with Crippen LogP contribution in [0.15, 0.2) is 0 Å². The summed E-state index contributed by atoms with van der Waals surface area (Å²) in [5.74, 6) is 0.138. The summed E-state index contributed by atoms with van der Waals surface area (Å²) in [7, 11) is 0. The number of nitrogens with two attached hydrogens (primary N) is 1. The Balaban J connectivity index is 4.28. The molecule has 0 saturated heterocycles. The van der Waals surface area contributed by atoms with E-state index in [9.17, 15) is 4.79 Å². The number of amides is 1.